The van der Waals surface area contributed by atoms with Crippen LogP contribution in [-0.4, -0.2) is 65.0 Å². The molecule has 1 heterocycles. The van der Waals surface area contributed by atoms with E-state index in [1.54, 1.807) is 0 Å². The SMILES string of the molecule is C=CCN(CC(=O)O)C(=O)C1CC(=O)N(CC(F)(F)F)C1. The average Bonchev–Trinajstić information content (AvgIpc) is 2.66. The Bertz CT molecular complexity index is 450. The maximum Gasteiger partial charge on any atom is 0.406 e. The molecule has 1 unspecified atom stereocenters. The van der Waals surface area contributed by atoms with Gasteiger partial charge in [-0.3, -0.25) is 14.4 Å². The van der Waals surface area contributed by atoms with Crippen LogP contribution in [0.25, 0.3) is 0 Å². The van der Waals surface area contributed by atoms with Gasteiger partial charge in [0.1, 0.15) is 13.1 Å². The third-order valence-corrected chi connectivity index (χ3v) is 2.92. The zero-order valence-electron chi connectivity index (χ0n) is 11.1. The summed E-state index contributed by atoms with van der Waals surface area (Å²) in [5.74, 6) is -3.63. The number of nitrogens with zero attached hydrogens (tertiary/aromatic N) is 2. The number of likely N-dealkylation sites (tertiary alicyclic amines) is 1. The second kappa shape index (κ2) is 6.59. The van der Waals surface area contributed by atoms with Crippen molar-refractivity contribution in [2.75, 3.05) is 26.2 Å². The van der Waals surface area contributed by atoms with Crippen LogP contribution in [0.3, 0.4) is 0 Å². The number of carbonyl (C=O) groups excluding carboxylic acids is 2. The first-order valence-corrected chi connectivity index (χ1v) is 6.10. The molecule has 9 heteroatoms. The Hall–Kier alpha value is -2.06. The second-order valence-corrected chi connectivity index (χ2v) is 4.69. The molecule has 0 aromatic rings. The first-order chi connectivity index (χ1) is 9.64. The minimum atomic E-state index is -4.53. The fourth-order valence-corrected chi connectivity index (χ4v) is 2.12. The largest absolute Gasteiger partial charge is 0.480 e. The Kier molecular flexibility index (Phi) is 5.34. The Labute approximate surface area is 118 Å². The lowest BCUT2D eigenvalue weighted by molar-refractivity contribution is -0.157. The van der Waals surface area contributed by atoms with E-state index in [4.69, 9.17) is 5.11 Å². The summed E-state index contributed by atoms with van der Waals surface area (Å²) in [6.07, 6.45) is -3.57. The molecule has 6 nitrogen and oxygen atoms in total. The van der Waals surface area contributed by atoms with Crippen molar-refractivity contribution in [1.29, 1.82) is 0 Å². The molecule has 118 valence electrons. The molecule has 0 radical (unpaired) electrons. The summed E-state index contributed by atoms with van der Waals surface area (Å²) in [6.45, 7) is 0.984. The molecule has 0 aromatic heterocycles. The van der Waals surface area contributed by atoms with Gasteiger partial charge in [-0.05, 0) is 0 Å². The summed E-state index contributed by atoms with van der Waals surface area (Å²) in [4.78, 5) is 35.8. The Balaban J connectivity index is 2.72. The van der Waals surface area contributed by atoms with Crippen LogP contribution < -0.4 is 0 Å². The van der Waals surface area contributed by atoms with Gasteiger partial charge in [-0.15, -0.1) is 6.58 Å². The van der Waals surface area contributed by atoms with Gasteiger partial charge in [-0.1, -0.05) is 6.08 Å². The van der Waals surface area contributed by atoms with Crippen LogP contribution in [0.5, 0.6) is 0 Å². The fourth-order valence-electron chi connectivity index (χ4n) is 2.12. The van der Waals surface area contributed by atoms with Crippen LogP contribution >= 0.6 is 0 Å². The molecule has 1 atom stereocenters. The van der Waals surface area contributed by atoms with Crippen molar-refractivity contribution in [3.05, 3.63) is 12.7 Å². The standard InChI is InChI=1S/C12H15F3N2O4/c1-2-3-16(6-10(19)20)11(21)8-4-9(18)17(5-8)7-12(13,14)15/h2,8H,1,3-7H2,(H,19,20). The average molecular weight is 308 g/mol. The van der Waals surface area contributed by atoms with E-state index in [9.17, 15) is 27.6 Å². The molecule has 1 aliphatic rings. The van der Waals surface area contributed by atoms with Crippen LogP contribution in [0.15, 0.2) is 12.7 Å². The fraction of sp³-hybridized carbons (Fsp3) is 0.583. The Morgan fingerprint density at radius 2 is 2.10 bits per heavy atom. The number of amides is 2. The predicted molar refractivity (Wildman–Crippen MR) is 65.2 cm³/mol. The Morgan fingerprint density at radius 3 is 2.57 bits per heavy atom. The van der Waals surface area contributed by atoms with E-state index in [2.05, 4.69) is 6.58 Å². The summed E-state index contributed by atoms with van der Waals surface area (Å²) in [5.41, 5.74) is 0. The zero-order chi connectivity index (χ0) is 16.2. The first-order valence-electron chi connectivity index (χ1n) is 6.10. The molecule has 1 rings (SSSR count). The lowest BCUT2D eigenvalue weighted by Crippen LogP contribution is -2.41. The van der Waals surface area contributed by atoms with Gasteiger partial charge in [0.15, 0.2) is 0 Å². The van der Waals surface area contributed by atoms with Crippen LogP contribution in [0, 0.1) is 5.92 Å². The van der Waals surface area contributed by atoms with Gasteiger partial charge < -0.3 is 14.9 Å². The van der Waals surface area contributed by atoms with Crippen molar-refractivity contribution < 1.29 is 32.7 Å². The number of halogens is 3. The van der Waals surface area contributed by atoms with Gasteiger partial charge >= 0.3 is 12.1 Å². The number of rotatable bonds is 6. The quantitative estimate of drug-likeness (QED) is 0.725. The van der Waals surface area contributed by atoms with Gasteiger partial charge in [0, 0.05) is 19.5 Å². The van der Waals surface area contributed by atoms with Crippen molar-refractivity contribution in [3.8, 4) is 0 Å². The molecular weight excluding hydrogens is 293 g/mol. The number of aliphatic carboxylic acids is 1. The molecular formula is C12H15F3N2O4. The summed E-state index contributed by atoms with van der Waals surface area (Å²) in [7, 11) is 0. The van der Waals surface area contributed by atoms with Crippen molar-refractivity contribution in [2.24, 2.45) is 5.92 Å². The maximum atomic E-state index is 12.3. The minimum Gasteiger partial charge on any atom is -0.480 e. The topological polar surface area (TPSA) is 77.9 Å². The van der Waals surface area contributed by atoms with E-state index in [1.165, 1.54) is 6.08 Å². The number of carboxylic acids is 1. The third-order valence-electron chi connectivity index (χ3n) is 2.92. The van der Waals surface area contributed by atoms with E-state index in [-0.39, 0.29) is 19.5 Å². The van der Waals surface area contributed by atoms with Crippen LogP contribution in [0.2, 0.25) is 0 Å². The summed E-state index contributed by atoms with van der Waals surface area (Å²) in [6, 6.07) is 0. The van der Waals surface area contributed by atoms with Crippen LogP contribution in [0.4, 0.5) is 13.2 Å². The Morgan fingerprint density at radius 1 is 1.48 bits per heavy atom. The summed E-state index contributed by atoms with van der Waals surface area (Å²) in [5, 5.41) is 8.70. The van der Waals surface area contributed by atoms with Crippen LogP contribution in [-0.2, 0) is 14.4 Å². The van der Waals surface area contributed by atoms with Crippen molar-refractivity contribution in [3.63, 3.8) is 0 Å². The number of hydrogen-bond donors (Lipinski definition) is 1. The number of carboxylic acid groups (broad SMARTS) is 1. The van der Waals surface area contributed by atoms with E-state index >= 15 is 0 Å². The van der Waals surface area contributed by atoms with Gasteiger partial charge in [0.2, 0.25) is 11.8 Å². The second-order valence-electron chi connectivity index (χ2n) is 4.69. The van der Waals surface area contributed by atoms with E-state index < -0.39 is 43.0 Å². The smallest absolute Gasteiger partial charge is 0.406 e. The molecule has 1 fully saturated rings. The molecule has 0 aliphatic carbocycles. The highest BCUT2D eigenvalue weighted by Crippen LogP contribution is 2.25. The van der Waals surface area contributed by atoms with Crippen molar-refractivity contribution in [1.82, 2.24) is 9.80 Å². The molecule has 1 N–H and O–H groups in total. The molecule has 1 aliphatic heterocycles. The molecule has 21 heavy (non-hydrogen) atoms. The maximum absolute atomic E-state index is 12.3. The number of carbonyl (C=O) groups is 3. The van der Waals surface area contributed by atoms with Crippen molar-refractivity contribution >= 4 is 17.8 Å². The molecule has 2 amide bonds. The first kappa shape index (κ1) is 17.0. The highest BCUT2D eigenvalue weighted by Gasteiger charge is 2.41. The molecule has 0 aromatic carbocycles. The highest BCUT2D eigenvalue weighted by molar-refractivity contribution is 5.90. The minimum absolute atomic E-state index is 0.0465. The lowest BCUT2D eigenvalue weighted by atomic mass is 10.1. The predicted octanol–water partition coefficient (Wildman–Crippen LogP) is 0.496. The lowest BCUT2D eigenvalue weighted by Gasteiger charge is -2.23. The normalized spacial score (nSPS) is 18.7. The van der Waals surface area contributed by atoms with Crippen LogP contribution in [0.1, 0.15) is 6.42 Å². The van der Waals surface area contributed by atoms with Gasteiger partial charge in [-0.25, -0.2) is 0 Å². The summed E-state index contributed by atoms with van der Waals surface area (Å²) < 4.78 is 36.8. The molecule has 0 spiro atoms. The van der Waals surface area contributed by atoms with Gasteiger partial charge in [0.25, 0.3) is 0 Å². The van der Waals surface area contributed by atoms with Crippen molar-refractivity contribution in [2.45, 2.75) is 12.6 Å². The van der Waals surface area contributed by atoms with Gasteiger partial charge in [-0.2, -0.15) is 13.2 Å². The van der Waals surface area contributed by atoms with E-state index in [0.29, 0.717) is 4.90 Å². The van der Waals surface area contributed by atoms with Gasteiger partial charge in [0.05, 0.1) is 5.92 Å². The zero-order valence-corrected chi connectivity index (χ0v) is 11.1. The summed E-state index contributed by atoms with van der Waals surface area (Å²) >= 11 is 0. The third kappa shape index (κ3) is 5.09. The number of hydrogen-bond acceptors (Lipinski definition) is 3. The monoisotopic (exact) mass is 308 g/mol. The highest BCUT2D eigenvalue weighted by atomic mass is 19.4. The number of alkyl halides is 3. The van der Waals surface area contributed by atoms with E-state index in [1.807, 2.05) is 0 Å². The molecule has 0 bridgehead atoms. The molecule has 1 saturated heterocycles. The molecule has 0 saturated carbocycles. The van der Waals surface area contributed by atoms with E-state index in [0.717, 1.165) is 4.90 Å².